The highest BCUT2D eigenvalue weighted by Gasteiger charge is 2.17. The van der Waals surface area contributed by atoms with Gasteiger partial charge in [-0.2, -0.15) is 0 Å². The van der Waals surface area contributed by atoms with E-state index in [0.29, 0.717) is 11.8 Å². The lowest BCUT2D eigenvalue weighted by Crippen LogP contribution is -2.15. The first-order chi connectivity index (χ1) is 9.97. The van der Waals surface area contributed by atoms with E-state index in [4.69, 9.17) is 16.3 Å². The smallest absolute Gasteiger partial charge is 0.213 e. The van der Waals surface area contributed by atoms with Crippen LogP contribution in [0, 0.1) is 0 Å². The molecule has 0 N–H and O–H groups in total. The summed E-state index contributed by atoms with van der Waals surface area (Å²) in [5.74, 6) is 1.21. The Hall–Kier alpha value is -0.760. The quantitative estimate of drug-likeness (QED) is 0.421. The lowest BCUT2D eigenvalue weighted by Gasteiger charge is -2.19. The van der Waals surface area contributed by atoms with Crippen molar-refractivity contribution in [3.05, 3.63) is 23.4 Å². The summed E-state index contributed by atoms with van der Waals surface area (Å²) in [4.78, 5) is 4.62. The van der Waals surface area contributed by atoms with Crippen LogP contribution in [0.2, 0.25) is 0 Å². The predicted molar refractivity (Wildman–Crippen MR) is 91.4 cm³/mol. The predicted octanol–water partition coefficient (Wildman–Crippen LogP) is 5.86. The SMILES string of the molecule is CCCCCCCCOc1cc(CCl)cc(C(C)(C)C)n1. The van der Waals surface area contributed by atoms with Gasteiger partial charge in [-0.05, 0) is 18.1 Å². The topological polar surface area (TPSA) is 22.1 Å². The van der Waals surface area contributed by atoms with Gasteiger partial charge in [0.25, 0.3) is 0 Å². The molecule has 3 heteroatoms. The molecule has 120 valence electrons. The zero-order valence-electron chi connectivity index (χ0n) is 14.0. The number of rotatable bonds is 9. The van der Waals surface area contributed by atoms with Crippen LogP contribution in [-0.2, 0) is 11.3 Å². The van der Waals surface area contributed by atoms with Gasteiger partial charge in [-0.25, -0.2) is 4.98 Å². The van der Waals surface area contributed by atoms with Gasteiger partial charge in [0.05, 0.1) is 12.3 Å². The van der Waals surface area contributed by atoms with Crippen molar-refractivity contribution in [2.45, 2.75) is 77.5 Å². The Morgan fingerprint density at radius 1 is 1.05 bits per heavy atom. The number of hydrogen-bond donors (Lipinski definition) is 0. The van der Waals surface area contributed by atoms with E-state index in [1.807, 2.05) is 6.07 Å². The fraction of sp³-hybridized carbons (Fsp3) is 0.722. The average molecular weight is 312 g/mol. The fourth-order valence-corrected chi connectivity index (χ4v) is 2.31. The summed E-state index contributed by atoms with van der Waals surface area (Å²) in [7, 11) is 0. The molecule has 0 fully saturated rings. The van der Waals surface area contributed by atoms with Gasteiger partial charge >= 0.3 is 0 Å². The minimum atomic E-state index is 0.0142. The van der Waals surface area contributed by atoms with Crippen molar-refractivity contribution in [3.63, 3.8) is 0 Å². The highest BCUT2D eigenvalue weighted by Crippen LogP contribution is 2.25. The molecule has 0 saturated carbocycles. The molecule has 0 radical (unpaired) electrons. The van der Waals surface area contributed by atoms with E-state index in [0.717, 1.165) is 24.3 Å². The third kappa shape index (κ3) is 7.17. The lowest BCUT2D eigenvalue weighted by molar-refractivity contribution is 0.290. The van der Waals surface area contributed by atoms with Gasteiger partial charge in [0.2, 0.25) is 5.88 Å². The highest BCUT2D eigenvalue weighted by molar-refractivity contribution is 6.17. The Morgan fingerprint density at radius 3 is 2.33 bits per heavy atom. The molecule has 1 aromatic heterocycles. The molecule has 1 rings (SSSR count). The molecule has 0 aliphatic rings. The van der Waals surface area contributed by atoms with Gasteiger partial charge in [0.1, 0.15) is 0 Å². The summed E-state index contributed by atoms with van der Waals surface area (Å²) in [5, 5.41) is 0. The van der Waals surface area contributed by atoms with Crippen LogP contribution in [0.15, 0.2) is 12.1 Å². The monoisotopic (exact) mass is 311 g/mol. The molecular formula is C18H30ClNO. The van der Waals surface area contributed by atoms with Crippen LogP contribution in [-0.4, -0.2) is 11.6 Å². The van der Waals surface area contributed by atoms with Gasteiger partial charge < -0.3 is 4.74 Å². The van der Waals surface area contributed by atoms with Crippen LogP contribution in [0.25, 0.3) is 0 Å². The molecule has 0 atom stereocenters. The molecule has 1 heterocycles. The number of alkyl halides is 1. The fourth-order valence-electron chi connectivity index (χ4n) is 2.15. The van der Waals surface area contributed by atoms with Crippen molar-refractivity contribution >= 4 is 11.6 Å². The van der Waals surface area contributed by atoms with Crippen molar-refractivity contribution in [2.75, 3.05) is 6.61 Å². The van der Waals surface area contributed by atoms with Crippen LogP contribution in [0.3, 0.4) is 0 Å². The number of hydrogen-bond acceptors (Lipinski definition) is 2. The van der Waals surface area contributed by atoms with E-state index in [9.17, 15) is 0 Å². The molecule has 0 bridgehead atoms. The third-order valence-corrected chi connectivity index (χ3v) is 3.84. The number of nitrogens with zero attached hydrogens (tertiary/aromatic N) is 1. The van der Waals surface area contributed by atoms with Crippen molar-refractivity contribution in [2.24, 2.45) is 0 Å². The van der Waals surface area contributed by atoms with Crippen molar-refractivity contribution in [1.82, 2.24) is 4.98 Å². The van der Waals surface area contributed by atoms with Crippen LogP contribution in [0.4, 0.5) is 0 Å². The number of ether oxygens (including phenoxy) is 1. The van der Waals surface area contributed by atoms with Crippen LogP contribution in [0.5, 0.6) is 5.88 Å². The van der Waals surface area contributed by atoms with Gasteiger partial charge in [-0.1, -0.05) is 59.8 Å². The largest absolute Gasteiger partial charge is 0.478 e. The Labute approximate surface area is 135 Å². The van der Waals surface area contributed by atoms with E-state index >= 15 is 0 Å². The number of halogens is 1. The summed E-state index contributed by atoms with van der Waals surface area (Å²) < 4.78 is 5.82. The first-order valence-corrected chi connectivity index (χ1v) is 8.71. The summed E-state index contributed by atoms with van der Waals surface area (Å²) >= 11 is 5.97. The van der Waals surface area contributed by atoms with Crippen LogP contribution in [0.1, 0.15) is 77.5 Å². The summed E-state index contributed by atoms with van der Waals surface area (Å²) in [6.07, 6.45) is 7.61. The molecule has 0 aliphatic heterocycles. The second kappa shape index (κ2) is 9.30. The van der Waals surface area contributed by atoms with E-state index in [1.54, 1.807) is 0 Å². The number of unbranched alkanes of at least 4 members (excludes halogenated alkanes) is 5. The first kappa shape index (κ1) is 18.3. The summed E-state index contributed by atoms with van der Waals surface area (Å²) in [5.41, 5.74) is 2.13. The second-order valence-corrected chi connectivity index (χ2v) is 6.97. The molecule has 21 heavy (non-hydrogen) atoms. The maximum atomic E-state index is 5.97. The zero-order valence-corrected chi connectivity index (χ0v) is 14.8. The van der Waals surface area contributed by atoms with E-state index in [-0.39, 0.29) is 5.41 Å². The van der Waals surface area contributed by atoms with Crippen molar-refractivity contribution < 1.29 is 4.74 Å². The molecule has 2 nitrogen and oxygen atoms in total. The van der Waals surface area contributed by atoms with Crippen molar-refractivity contribution in [3.8, 4) is 5.88 Å². The molecule has 0 aromatic carbocycles. The maximum Gasteiger partial charge on any atom is 0.213 e. The molecule has 0 spiro atoms. The zero-order chi connectivity index (χ0) is 15.7. The minimum Gasteiger partial charge on any atom is -0.478 e. The normalized spacial score (nSPS) is 11.7. The summed E-state index contributed by atoms with van der Waals surface area (Å²) in [6.45, 7) is 9.46. The molecular weight excluding hydrogens is 282 g/mol. The summed E-state index contributed by atoms with van der Waals surface area (Å²) in [6, 6.07) is 4.03. The van der Waals surface area contributed by atoms with Gasteiger partial charge in [-0.3, -0.25) is 0 Å². The minimum absolute atomic E-state index is 0.0142. The van der Waals surface area contributed by atoms with Gasteiger partial charge in [-0.15, -0.1) is 11.6 Å². The number of aromatic nitrogens is 1. The van der Waals surface area contributed by atoms with E-state index in [1.165, 1.54) is 32.1 Å². The average Bonchev–Trinajstić information content (AvgIpc) is 2.45. The van der Waals surface area contributed by atoms with Crippen LogP contribution >= 0.6 is 11.6 Å². The Bertz CT molecular complexity index is 412. The van der Waals surface area contributed by atoms with Crippen molar-refractivity contribution in [1.29, 1.82) is 0 Å². The Balaban J connectivity index is 2.47. The third-order valence-electron chi connectivity index (χ3n) is 3.53. The lowest BCUT2D eigenvalue weighted by atomic mass is 9.91. The molecule has 0 aliphatic carbocycles. The first-order valence-electron chi connectivity index (χ1n) is 8.17. The molecule has 0 unspecified atom stereocenters. The maximum absolute atomic E-state index is 5.97. The standard InChI is InChI=1S/C18H30ClNO/c1-5-6-7-8-9-10-11-21-17-13-15(14-19)12-16(20-17)18(2,3)4/h12-13H,5-11,14H2,1-4H3. The van der Waals surface area contributed by atoms with Gasteiger partial charge in [0.15, 0.2) is 0 Å². The molecule has 0 saturated heterocycles. The second-order valence-electron chi connectivity index (χ2n) is 6.70. The van der Waals surface area contributed by atoms with E-state index < -0.39 is 0 Å². The van der Waals surface area contributed by atoms with Crippen LogP contribution < -0.4 is 4.74 Å². The van der Waals surface area contributed by atoms with Gasteiger partial charge in [0, 0.05) is 17.4 Å². The Morgan fingerprint density at radius 2 is 1.71 bits per heavy atom. The Kier molecular flexibility index (Phi) is 8.10. The number of pyridine rings is 1. The molecule has 0 amide bonds. The highest BCUT2D eigenvalue weighted by atomic mass is 35.5. The van der Waals surface area contributed by atoms with E-state index in [2.05, 4.69) is 38.7 Å². The molecule has 1 aromatic rings.